The van der Waals surface area contributed by atoms with Crippen molar-refractivity contribution in [2.45, 2.75) is 44.2 Å². The van der Waals surface area contributed by atoms with Crippen molar-refractivity contribution in [1.29, 1.82) is 0 Å². The van der Waals surface area contributed by atoms with Gasteiger partial charge in [0.2, 0.25) is 10.0 Å². The van der Waals surface area contributed by atoms with Gasteiger partial charge in [0.05, 0.1) is 4.90 Å². The third kappa shape index (κ3) is 6.63. The Balaban J connectivity index is 0.00000341. The molecule has 0 unspecified atom stereocenters. The largest absolute Gasteiger partial charge is 0.352 e. The molecule has 0 bridgehead atoms. The van der Waals surface area contributed by atoms with Gasteiger partial charge in [-0.15, -0.1) is 24.0 Å². The van der Waals surface area contributed by atoms with Gasteiger partial charge < -0.3 is 10.6 Å². The molecule has 2 N–H and O–H groups in total. The number of aliphatic imine (C=N–C) groups is 1. The van der Waals surface area contributed by atoms with Crippen molar-refractivity contribution in [3.05, 3.63) is 65.0 Å². The number of hydrogen-bond donors (Lipinski definition) is 2. The Morgan fingerprint density at radius 3 is 2.42 bits per heavy atom. The summed E-state index contributed by atoms with van der Waals surface area (Å²) in [6, 6.07) is 12.0. The SMILES string of the molecule is CN=C(NCc1ccc(F)c(C)c1)NCc1ccccc1S(=O)(=O)N1CCCCC1.I. The third-order valence-corrected chi connectivity index (χ3v) is 7.26. The molecule has 1 saturated heterocycles. The van der Waals surface area contributed by atoms with Crippen molar-refractivity contribution in [3.8, 4) is 0 Å². The van der Waals surface area contributed by atoms with E-state index in [1.807, 2.05) is 12.1 Å². The van der Waals surface area contributed by atoms with Crippen LogP contribution in [0.15, 0.2) is 52.4 Å². The van der Waals surface area contributed by atoms with Crippen LogP contribution in [0, 0.1) is 12.7 Å². The van der Waals surface area contributed by atoms with Gasteiger partial charge in [0, 0.05) is 33.2 Å². The van der Waals surface area contributed by atoms with Crippen LogP contribution in [0.3, 0.4) is 0 Å². The highest BCUT2D eigenvalue weighted by molar-refractivity contribution is 14.0. The zero-order chi connectivity index (χ0) is 21.6. The Hall–Kier alpha value is -1.72. The molecule has 2 aromatic carbocycles. The lowest BCUT2D eigenvalue weighted by Gasteiger charge is -2.27. The molecule has 0 radical (unpaired) electrons. The summed E-state index contributed by atoms with van der Waals surface area (Å²) in [6.45, 7) is 3.68. The minimum absolute atomic E-state index is 0. The first-order valence-corrected chi connectivity index (χ1v) is 11.6. The molecular weight excluding hydrogens is 530 g/mol. The van der Waals surface area contributed by atoms with Crippen LogP contribution < -0.4 is 10.6 Å². The fraction of sp³-hybridized carbons (Fsp3) is 0.409. The molecule has 1 heterocycles. The maximum atomic E-state index is 13.4. The molecule has 0 saturated carbocycles. The molecular formula is C22H30FIN4O2S. The summed E-state index contributed by atoms with van der Waals surface area (Å²) in [5, 5.41) is 6.36. The van der Waals surface area contributed by atoms with Crippen molar-refractivity contribution < 1.29 is 12.8 Å². The second-order valence-corrected chi connectivity index (χ2v) is 9.34. The Labute approximate surface area is 201 Å². The van der Waals surface area contributed by atoms with Crippen LogP contribution in [-0.4, -0.2) is 38.8 Å². The van der Waals surface area contributed by atoms with Crippen LogP contribution in [0.1, 0.15) is 36.0 Å². The summed E-state index contributed by atoms with van der Waals surface area (Å²) in [5.74, 6) is 0.315. The quantitative estimate of drug-likeness (QED) is 0.321. The Morgan fingerprint density at radius 1 is 1.06 bits per heavy atom. The van der Waals surface area contributed by atoms with E-state index < -0.39 is 10.0 Å². The van der Waals surface area contributed by atoms with Gasteiger partial charge in [-0.05, 0) is 48.6 Å². The van der Waals surface area contributed by atoms with Crippen molar-refractivity contribution in [1.82, 2.24) is 14.9 Å². The number of piperidine rings is 1. The van der Waals surface area contributed by atoms with Gasteiger partial charge in [0.15, 0.2) is 5.96 Å². The molecule has 6 nitrogen and oxygen atoms in total. The first-order chi connectivity index (χ1) is 14.4. The average Bonchev–Trinajstić information content (AvgIpc) is 2.77. The second kappa shape index (κ2) is 11.8. The van der Waals surface area contributed by atoms with Crippen LogP contribution in [-0.2, 0) is 23.1 Å². The fourth-order valence-corrected chi connectivity index (χ4v) is 5.29. The zero-order valence-electron chi connectivity index (χ0n) is 17.9. The average molecular weight is 560 g/mol. The highest BCUT2D eigenvalue weighted by Gasteiger charge is 2.27. The summed E-state index contributed by atoms with van der Waals surface area (Å²) >= 11 is 0. The van der Waals surface area contributed by atoms with Crippen LogP contribution in [0.2, 0.25) is 0 Å². The molecule has 1 fully saturated rings. The van der Waals surface area contributed by atoms with E-state index >= 15 is 0 Å². The lowest BCUT2D eigenvalue weighted by atomic mass is 10.1. The highest BCUT2D eigenvalue weighted by atomic mass is 127. The molecule has 1 aliphatic rings. The number of aryl methyl sites for hydroxylation is 1. The van der Waals surface area contributed by atoms with E-state index in [-0.39, 0.29) is 29.8 Å². The molecule has 0 amide bonds. The number of nitrogens with one attached hydrogen (secondary N) is 2. The van der Waals surface area contributed by atoms with Crippen LogP contribution >= 0.6 is 24.0 Å². The maximum Gasteiger partial charge on any atom is 0.243 e. The predicted octanol–water partition coefficient (Wildman–Crippen LogP) is 3.79. The molecule has 170 valence electrons. The topological polar surface area (TPSA) is 73.8 Å². The minimum atomic E-state index is -3.51. The number of nitrogens with zero attached hydrogens (tertiary/aromatic N) is 2. The number of hydrogen-bond acceptors (Lipinski definition) is 3. The van der Waals surface area contributed by atoms with Gasteiger partial charge in [-0.1, -0.05) is 36.8 Å². The van der Waals surface area contributed by atoms with E-state index in [1.54, 1.807) is 42.5 Å². The van der Waals surface area contributed by atoms with Crippen molar-refractivity contribution in [2.75, 3.05) is 20.1 Å². The highest BCUT2D eigenvalue weighted by Crippen LogP contribution is 2.23. The Morgan fingerprint density at radius 2 is 1.74 bits per heavy atom. The van der Waals surface area contributed by atoms with Crippen molar-refractivity contribution in [2.24, 2.45) is 4.99 Å². The zero-order valence-corrected chi connectivity index (χ0v) is 21.0. The van der Waals surface area contributed by atoms with E-state index in [0.29, 0.717) is 48.2 Å². The fourth-order valence-electron chi connectivity index (χ4n) is 3.55. The van der Waals surface area contributed by atoms with Gasteiger partial charge in [-0.25, -0.2) is 12.8 Å². The van der Waals surface area contributed by atoms with E-state index in [2.05, 4.69) is 15.6 Å². The lowest BCUT2D eigenvalue weighted by molar-refractivity contribution is 0.346. The first kappa shape index (κ1) is 25.5. The van der Waals surface area contributed by atoms with Gasteiger partial charge in [0.25, 0.3) is 0 Å². The molecule has 0 spiro atoms. The Bertz CT molecular complexity index is 1010. The first-order valence-electron chi connectivity index (χ1n) is 10.2. The number of guanidine groups is 1. The molecule has 31 heavy (non-hydrogen) atoms. The summed E-state index contributed by atoms with van der Waals surface area (Å²) in [6.07, 6.45) is 2.88. The smallest absolute Gasteiger partial charge is 0.243 e. The van der Waals surface area contributed by atoms with Gasteiger partial charge in [0.1, 0.15) is 5.82 Å². The number of sulfonamides is 1. The van der Waals surface area contributed by atoms with Gasteiger partial charge in [-0.3, -0.25) is 4.99 Å². The summed E-state index contributed by atoms with van der Waals surface area (Å²) in [7, 11) is -1.86. The van der Waals surface area contributed by atoms with Crippen molar-refractivity contribution >= 4 is 40.0 Å². The van der Waals surface area contributed by atoms with Gasteiger partial charge in [-0.2, -0.15) is 4.31 Å². The van der Waals surface area contributed by atoms with Crippen LogP contribution in [0.5, 0.6) is 0 Å². The van der Waals surface area contributed by atoms with Gasteiger partial charge >= 0.3 is 0 Å². The summed E-state index contributed by atoms with van der Waals surface area (Å²) < 4.78 is 41.2. The summed E-state index contributed by atoms with van der Waals surface area (Å²) in [4.78, 5) is 4.54. The van der Waals surface area contributed by atoms with Crippen LogP contribution in [0.25, 0.3) is 0 Å². The summed E-state index contributed by atoms with van der Waals surface area (Å²) in [5.41, 5.74) is 2.22. The predicted molar refractivity (Wildman–Crippen MR) is 133 cm³/mol. The molecule has 0 atom stereocenters. The van der Waals surface area contributed by atoms with Crippen LogP contribution in [0.4, 0.5) is 4.39 Å². The molecule has 9 heteroatoms. The molecule has 2 aromatic rings. The second-order valence-electron chi connectivity index (χ2n) is 7.44. The van der Waals surface area contributed by atoms with E-state index in [1.165, 1.54) is 6.07 Å². The Kier molecular flexibility index (Phi) is 9.70. The van der Waals surface area contributed by atoms with E-state index in [4.69, 9.17) is 0 Å². The molecule has 3 rings (SSSR count). The lowest BCUT2D eigenvalue weighted by Crippen LogP contribution is -2.38. The van der Waals surface area contributed by atoms with E-state index in [9.17, 15) is 12.8 Å². The monoisotopic (exact) mass is 560 g/mol. The molecule has 0 aromatic heterocycles. The molecule has 0 aliphatic carbocycles. The number of rotatable bonds is 6. The van der Waals surface area contributed by atoms with E-state index in [0.717, 1.165) is 24.8 Å². The normalized spacial score (nSPS) is 15.3. The minimum Gasteiger partial charge on any atom is -0.352 e. The van der Waals surface area contributed by atoms with Crippen molar-refractivity contribution in [3.63, 3.8) is 0 Å². The molecule has 1 aliphatic heterocycles. The maximum absolute atomic E-state index is 13.4. The number of halogens is 2. The number of benzene rings is 2. The third-order valence-electron chi connectivity index (χ3n) is 5.26. The standard InChI is InChI=1S/C22H29FN4O2S.HI/c1-17-14-18(10-11-20(17)23)15-25-22(24-2)26-16-19-8-4-5-9-21(19)30(28,29)27-12-6-3-7-13-27;/h4-5,8-11,14H,3,6-7,12-13,15-16H2,1-2H3,(H2,24,25,26);1H.